The fourth-order valence-electron chi connectivity index (χ4n) is 2.56. The number of benzene rings is 1. The number of halogens is 1. The summed E-state index contributed by atoms with van der Waals surface area (Å²) >= 11 is 1.54. The van der Waals surface area contributed by atoms with Crippen LogP contribution in [0.5, 0.6) is 0 Å². The van der Waals surface area contributed by atoms with Gasteiger partial charge in [0.25, 0.3) is 5.91 Å². The fraction of sp³-hybridized carbons (Fsp3) is 0.312. The van der Waals surface area contributed by atoms with Crippen molar-refractivity contribution in [1.29, 1.82) is 0 Å². The van der Waals surface area contributed by atoms with Gasteiger partial charge in [0.15, 0.2) is 0 Å². The van der Waals surface area contributed by atoms with E-state index >= 15 is 0 Å². The summed E-state index contributed by atoms with van der Waals surface area (Å²) in [5.41, 5.74) is 1.52. The second-order valence-electron chi connectivity index (χ2n) is 5.34. The van der Waals surface area contributed by atoms with Crippen molar-refractivity contribution in [3.05, 3.63) is 51.5 Å². The molecule has 0 bridgehead atoms. The highest BCUT2D eigenvalue weighted by Crippen LogP contribution is 2.32. The highest BCUT2D eigenvalue weighted by atomic mass is 32.1. The maximum absolute atomic E-state index is 13.5. The minimum Gasteiger partial charge on any atom is -0.319 e. The topological polar surface area (TPSA) is 29.1 Å². The monoisotopic (exact) mass is 289 g/mol. The Balaban J connectivity index is 1.80. The second-order valence-corrected chi connectivity index (χ2v) is 6.48. The van der Waals surface area contributed by atoms with E-state index in [9.17, 15) is 9.18 Å². The number of amides is 1. The Morgan fingerprint density at radius 2 is 2.20 bits per heavy atom. The van der Waals surface area contributed by atoms with Crippen LogP contribution in [0.3, 0.4) is 0 Å². The smallest absolute Gasteiger partial charge is 0.265 e. The van der Waals surface area contributed by atoms with Crippen molar-refractivity contribution in [2.75, 3.05) is 5.32 Å². The van der Waals surface area contributed by atoms with Gasteiger partial charge in [-0.1, -0.05) is 19.1 Å². The zero-order valence-electron chi connectivity index (χ0n) is 11.3. The van der Waals surface area contributed by atoms with E-state index in [1.165, 1.54) is 34.3 Å². The van der Waals surface area contributed by atoms with E-state index in [2.05, 4.69) is 12.2 Å². The van der Waals surface area contributed by atoms with Crippen LogP contribution in [-0.2, 0) is 12.8 Å². The normalized spacial score (nSPS) is 17.6. The maximum Gasteiger partial charge on any atom is 0.265 e. The number of rotatable bonds is 2. The standard InChI is InChI=1S/C16H16FNOS/c1-10-6-7-14-11(8-10)9-15(20-14)16(19)18-13-5-3-2-4-12(13)17/h2-5,9-10H,6-8H2,1H3,(H,18,19). The summed E-state index contributed by atoms with van der Waals surface area (Å²) in [5.74, 6) is 0.0533. The van der Waals surface area contributed by atoms with Crippen molar-refractivity contribution in [2.24, 2.45) is 5.92 Å². The number of hydrogen-bond donors (Lipinski definition) is 1. The quantitative estimate of drug-likeness (QED) is 0.879. The van der Waals surface area contributed by atoms with E-state index < -0.39 is 5.82 Å². The minimum atomic E-state index is -0.407. The lowest BCUT2D eigenvalue weighted by Gasteiger charge is -2.16. The molecule has 1 N–H and O–H groups in total. The lowest BCUT2D eigenvalue weighted by atomic mass is 9.90. The number of hydrogen-bond acceptors (Lipinski definition) is 2. The van der Waals surface area contributed by atoms with E-state index in [1.807, 2.05) is 6.07 Å². The maximum atomic E-state index is 13.5. The molecule has 1 aromatic carbocycles. The third-order valence-electron chi connectivity index (χ3n) is 3.68. The number of carbonyl (C=O) groups excluding carboxylic acids is 1. The van der Waals surface area contributed by atoms with Crippen LogP contribution >= 0.6 is 11.3 Å². The average Bonchev–Trinajstić information content (AvgIpc) is 2.84. The molecule has 0 saturated heterocycles. The lowest BCUT2D eigenvalue weighted by molar-refractivity contribution is 0.103. The van der Waals surface area contributed by atoms with Crippen LogP contribution in [0.2, 0.25) is 0 Å². The fourth-order valence-corrected chi connectivity index (χ4v) is 3.67. The molecule has 1 heterocycles. The third kappa shape index (κ3) is 2.61. The SMILES string of the molecule is CC1CCc2sc(C(=O)Nc3ccccc3F)cc2C1. The molecule has 104 valence electrons. The second kappa shape index (κ2) is 5.37. The number of nitrogens with one attached hydrogen (secondary N) is 1. The molecule has 0 spiro atoms. The number of thiophene rings is 1. The molecule has 20 heavy (non-hydrogen) atoms. The van der Waals surface area contributed by atoms with Crippen LogP contribution in [0.25, 0.3) is 0 Å². The van der Waals surface area contributed by atoms with Gasteiger partial charge in [0.1, 0.15) is 5.82 Å². The van der Waals surface area contributed by atoms with E-state index in [0.29, 0.717) is 10.8 Å². The summed E-state index contributed by atoms with van der Waals surface area (Å²) in [6, 6.07) is 8.20. The van der Waals surface area contributed by atoms with Gasteiger partial charge in [-0.3, -0.25) is 4.79 Å². The van der Waals surface area contributed by atoms with Crippen molar-refractivity contribution in [2.45, 2.75) is 26.2 Å². The van der Waals surface area contributed by atoms with Crippen LogP contribution in [0.15, 0.2) is 30.3 Å². The Hall–Kier alpha value is -1.68. The Bertz CT molecular complexity index is 650. The Kier molecular flexibility index (Phi) is 3.57. The third-order valence-corrected chi connectivity index (χ3v) is 4.91. The first-order valence-electron chi connectivity index (χ1n) is 6.81. The van der Waals surface area contributed by atoms with Crippen molar-refractivity contribution >= 4 is 22.9 Å². The predicted molar refractivity (Wildman–Crippen MR) is 79.9 cm³/mol. The summed E-state index contributed by atoms with van der Waals surface area (Å²) in [6.07, 6.45) is 3.27. The van der Waals surface area contributed by atoms with Crippen LogP contribution in [-0.4, -0.2) is 5.91 Å². The highest BCUT2D eigenvalue weighted by molar-refractivity contribution is 7.14. The molecule has 1 aromatic heterocycles. The number of aryl methyl sites for hydroxylation is 1. The molecule has 1 aliphatic rings. The molecule has 1 amide bonds. The molecule has 1 aliphatic carbocycles. The van der Waals surface area contributed by atoms with Crippen molar-refractivity contribution in [1.82, 2.24) is 0 Å². The van der Waals surface area contributed by atoms with Gasteiger partial charge in [0.05, 0.1) is 10.6 Å². The van der Waals surface area contributed by atoms with Crippen LogP contribution in [0.4, 0.5) is 10.1 Å². The zero-order valence-corrected chi connectivity index (χ0v) is 12.1. The molecule has 2 aromatic rings. The number of carbonyl (C=O) groups is 1. The molecular formula is C16H16FNOS. The van der Waals surface area contributed by atoms with Gasteiger partial charge in [-0.05, 0) is 48.9 Å². The van der Waals surface area contributed by atoms with Crippen molar-refractivity contribution in [3.8, 4) is 0 Å². The number of fused-ring (bicyclic) bond motifs is 1. The summed E-state index contributed by atoms with van der Waals surface area (Å²) in [4.78, 5) is 14.2. The van der Waals surface area contributed by atoms with Gasteiger partial charge >= 0.3 is 0 Å². The number of para-hydroxylation sites is 1. The van der Waals surface area contributed by atoms with Crippen molar-refractivity contribution < 1.29 is 9.18 Å². The van der Waals surface area contributed by atoms with Gasteiger partial charge in [-0.15, -0.1) is 11.3 Å². The molecule has 0 aliphatic heterocycles. The average molecular weight is 289 g/mol. The van der Waals surface area contributed by atoms with Gasteiger partial charge in [-0.2, -0.15) is 0 Å². The molecule has 4 heteroatoms. The summed E-state index contributed by atoms with van der Waals surface area (Å²) in [7, 11) is 0. The van der Waals surface area contributed by atoms with Crippen LogP contribution in [0.1, 0.15) is 33.5 Å². The van der Waals surface area contributed by atoms with Crippen molar-refractivity contribution in [3.63, 3.8) is 0 Å². The first kappa shape index (κ1) is 13.3. The van der Waals surface area contributed by atoms with E-state index in [4.69, 9.17) is 0 Å². The minimum absolute atomic E-state index is 0.220. The van der Waals surface area contributed by atoms with Gasteiger partial charge < -0.3 is 5.32 Å². The first-order valence-corrected chi connectivity index (χ1v) is 7.62. The van der Waals surface area contributed by atoms with Gasteiger partial charge in [0, 0.05) is 4.88 Å². The summed E-state index contributed by atoms with van der Waals surface area (Å²) < 4.78 is 13.5. The predicted octanol–water partition coefficient (Wildman–Crippen LogP) is 4.26. The largest absolute Gasteiger partial charge is 0.319 e. The first-order chi connectivity index (χ1) is 9.63. The Morgan fingerprint density at radius 1 is 1.40 bits per heavy atom. The lowest BCUT2D eigenvalue weighted by Crippen LogP contribution is -2.11. The zero-order chi connectivity index (χ0) is 14.1. The van der Waals surface area contributed by atoms with Gasteiger partial charge in [-0.25, -0.2) is 4.39 Å². The highest BCUT2D eigenvalue weighted by Gasteiger charge is 2.21. The molecule has 1 atom stereocenters. The molecule has 0 fully saturated rings. The van der Waals surface area contributed by atoms with Crippen LogP contribution in [0, 0.1) is 11.7 Å². The molecule has 2 nitrogen and oxygen atoms in total. The van der Waals surface area contributed by atoms with E-state index in [0.717, 1.165) is 12.8 Å². The number of anilines is 1. The van der Waals surface area contributed by atoms with E-state index in [1.54, 1.807) is 18.2 Å². The summed E-state index contributed by atoms with van der Waals surface area (Å²) in [6.45, 7) is 2.24. The Morgan fingerprint density at radius 3 is 3.00 bits per heavy atom. The molecule has 3 rings (SSSR count). The Labute approximate surface area is 121 Å². The van der Waals surface area contributed by atoms with E-state index in [-0.39, 0.29) is 11.6 Å². The molecular weight excluding hydrogens is 273 g/mol. The van der Waals surface area contributed by atoms with Gasteiger partial charge in [0.2, 0.25) is 0 Å². The molecule has 1 unspecified atom stereocenters. The molecule has 0 saturated carbocycles. The van der Waals surface area contributed by atoms with Crippen LogP contribution < -0.4 is 5.32 Å². The summed E-state index contributed by atoms with van der Waals surface area (Å²) in [5, 5.41) is 2.64. The molecule has 0 radical (unpaired) electrons.